The molecule has 0 radical (unpaired) electrons. The molecule has 1 atom stereocenters. The highest BCUT2D eigenvalue weighted by Crippen LogP contribution is 2.36. The minimum absolute atomic E-state index is 0.453. The Morgan fingerprint density at radius 1 is 1.43 bits per heavy atom. The van der Waals surface area contributed by atoms with Crippen LogP contribution in [0.15, 0.2) is 30.5 Å². The number of nitrogen functional groups attached to an aromatic ring is 1. The van der Waals surface area contributed by atoms with Gasteiger partial charge >= 0.3 is 0 Å². The molecule has 0 bridgehead atoms. The highest BCUT2D eigenvalue weighted by atomic mass is 16.5. The van der Waals surface area contributed by atoms with Crippen molar-refractivity contribution in [3.8, 4) is 11.5 Å². The Morgan fingerprint density at radius 2 is 2.29 bits per heavy atom. The number of pyridine rings is 1. The van der Waals surface area contributed by atoms with E-state index in [1.807, 2.05) is 25.3 Å². The molecule has 2 heterocycles. The van der Waals surface area contributed by atoms with E-state index in [9.17, 15) is 0 Å². The molecule has 3 rings (SSSR count). The molecular formula is C17H20N2O2. The summed E-state index contributed by atoms with van der Waals surface area (Å²) >= 11 is 0. The van der Waals surface area contributed by atoms with Crippen molar-refractivity contribution in [3.05, 3.63) is 47.2 Å². The first kappa shape index (κ1) is 13.7. The summed E-state index contributed by atoms with van der Waals surface area (Å²) in [5.74, 6) is 2.77. The van der Waals surface area contributed by atoms with Crippen LogP contribution in [0.3, 0.4) is 0 Å². The number of methoxy groups -OCH3 is 1. The number of nitrogens with zero attached hydrogens (tertiary/aromatic N) is 1. The molecule has 110 valence electrons. The fourth-order valence-corrected chi connectivity index (χ4v) is 2.84. The zero-order valence-electron chi connectivity index (χ0n) is 12.4. The molecule has 4 heteroatoms. The second-order valence-electron chi connectivity index (χ2n) is 5.58. The fourth-order valence-electron chi connectivity index (χ4n) is 2.84. The number of rotatable bonds is 3. The third-order valence-electron chi connectivity index (χ3n) is 3.95. The Balaban J connectivity index is 1.76. The number of nitrogens with two attached hydrogens (primary N) is 1. The lowest BCUT2D eigenvalue weighted by Gasteiger charge is -2.26. The maximum atomic E-state index is 5.91. The monoisotopic (exact) mass is 284 g/mol. The predicted molar refractivity (Wildman–Crippen MR) is 82.8 cm³/mol. The molecule has 0 amide bonds. The van der Waals surface area contributed by atoms with Crippen LogP contribution in [0.25, 0.3) is 0 Å². The molecule has 0 spiro atoms. The molecular weight excluding hydrogens is 264 g/mol. The normalized spacial score (nSPS) is 17.0. The quantitative estimate of drug-likeness (QED) is 0.941. The number of anilines is 1. The van der Waals surface area contributed by atoms with Gasteiger partial charge in [0.2, 0.25) is 0 Å². The van der Waals surface area contributed by atoms with E-state index in [4.69, 9.17) is 15.2 Å². The standard InChI is InChI=1S/C17H20N2O2/c1-11-6-12(9-19-17(11)18)7-13-8-14-4-3-5-15(20-2)16(14)21-10-13/h3-6,9,13H,7-8,10H2,1-2H3,(H2,18,19)/t13-/m1/s1. The van der Waals surface area contributed by atoms with E-state index >= 15 is 0 Å². The molecule has 4 nitrogen and oxygen atoms in total. The SMILES string of the molecule is COc1cccc2c1OC[C@H](Cc1cnc(N)c(C)c1)C2. The van der Waals surface area contributed by atoms with E-state index in [0.29, 0.717) is 18.3 Å². The second kappa shape index (κ2) is 5.64. The lowest BCUT2D eigenvalue weighted by molar-refractivity contribution is 0.211. The van der Waals surface area contributed by atoms with Gasteiger partial charge in [-0.05, 0) is 42.5 Å². The molecule has 2 aromatic rings. The van der Waals surface area contributed by atoms with Gasteiger partial charge in [0, 0.05) is 12.1 Å². The van der Waals surface area contributed by atoms with Crippen LogP contribution in [0, 0.1) is 12.8 Å². The van der Waals surface area contributed by atoms with Gasteiger partial charge in [-0.1, -0.05) is 18.2 Å². The van der Waals surface area contributed by atoms with Gasteiger partial charge in [-0.2, -0.15) is 0 Å². The minimum Gasteiger partial charge on any atom is -0.493 e. The van der Waals surface area contributed by atoms with E-state index in [0.717, 1.165) is 29.9 Å². The van der Waals surface area contributed by atoms with Crippen LogP contribution >= 0.6 is 0 Å². The first-order valence-electron chi connectivity index (χ1n) is 7.17. The van der Waals surface area contributed by atoms with E-state index in [-0.39, 0.29) is 0 Å². The maximum Gasteiger partial charge on any atom is 0.164 e. The number of hydrogen-bond donors (Lipinski definition) is 1. The number of benzene rings is 1. The Labute approximate surface area is 124 Å². The maximum absolute atomic E-state index is 5.91. The first-order chi connectivity index (χ1) is 10.2. The van der Waals surface area contributed by atoms with Crippen LogP contribution in [0.5, 0.6) is 11.5 Å². The Morgan fingerprint density at radius 3 is 3.05 bits per heavy atom. The molecule has 0 fully saturated rings. The largest absolute Gasteiger partial charge is 0.493 e. The molecule has 0 saturated heterocycles. The van der Waals surface area contributed by atoms with E-state index in [1.54, 1.807) is 7.11 Å². The summed E-state index contributed by atoms with van der Waals surface area (Å²) in [6.07, 6.45) is 3.81. The third kappa shape index (κ3) is 2.79. The molecule has 1 aliphatic heterocycles. The molecule has 2 N–H and O–H groups in total. The molecule has 1 aromatic carbocycles. The van der Waals surface area contributed by atoms with Gasteiger partial charge in [0.15, 0.2) is 11.5 Å². The topological polar surface area (TPSA) is 57.4 Å². The number of aryl methyl sites for hydroxylation is 1. The summed E-state index contributed by atoms with van der Waals surface area (Å²) in [5.41, 5.74) is 9.22. The molecule has 0 unspecified atom stereocenters. The summed E-state index contributed by atoms with van der Waals surface area (Å²) in [6.45, 7) is 2.69. The van der Waals surface area contributed by atoms with Crippen LogP contribution in [0.1, 0.15) is 16.7 Å². The predicted octanol–water partition coefficient (Wildman–Crippen LogP) is 2.77. The van der Waals surface area contributed by atoms with Crippen molar-refractivity contribution in [2.45, 2.75) is 19.8 Å². The lowest BCUT2D eigenvalue weighted by Crippen LogP contribution is -2.23. The Hall–Kier alpha value is -2.23. The van der Waals surface area contributed by atoms with Crippen LogP contribution in [-0.2, 0) is 12.8 Å². The molecule has 0 aliphatic carbocycles. The van der Waals surface area contributed by atoms with Crippen molar-refractivity contribution in [1.29, 1.82) is 0 Å². The number of ether oxygens (including phenoxy) is 2. The number of hydrogen-bond acceptors (Lipinski definition) is 4. The van der Waals surface area contributed by atoms with Crippen molar-refractivity contribution >= 4 is 5.82 Å². The minimum atomic E-state index is 0.453. The molecule has 1 aromatic heterocycles. The van der Waals surface area contributed by atoms with Gasteiger partial charge in [0.05, 0.1) is 13.7 Å². The van der Waals surface area contributed by atoms with Gasteiger partial charge in [0.25, 0.3) is 0 Å². The Bertz CT molecular complexity index is 655. The molecule has 0 saturated carbocycles. The van der Waals surface area contributed by atoms with Crippen molar-refractivity contribution in [2.24, 2.45) is 5.92 Å². The first-order valence-corrected chi connectivity index (χ1v) is 7.17. The van der Waals surface area contributed by atoms with E-state index < -0.39 is 0 Å². The second-order valence-corrected chi connectivity index (χ2v) is 5.58. The fraction of sp³-hybridized carbons (Fsp3) is 0.353. The number of para-hydroxylation sites is 1. The summed E-state index contributed by atoms with van der Waals surface area (Å²) in [6, 6.07) is 8.17. The van der Waals surface area contributed by atoms with Crippen LogP contribution in [0.2, 0.25) is 0 Å². The average molecular weight is 284 g/mol. The van der Waals surface area contributed by atoms with Gasteiger partial charge in [-0.15, -0.1) is 0 Å². The Kier molecular flexibility index (Phi) is 3.69. The third-order valence-corrected chi connectivity index (χ3v) is 3.95. The molecule has 1 aliphatic rings. The average Bonchev–Trinajstić information content (AvgIpc) is 2.50. The molecule has 21 heavy (non-hydrogen) atoms. The zero-order chi connectivity index (χ0) is 14.8. The van der Waals surface area contributed by atoms with Crippen LogP contribution in [0.4, 0.5) is 5.82 Å². The lowest BCUT2D eigenvalue weighted by atomic mass is 9.91. The van der Waals surface area contributed by atoms with Crippen LogP contribution < -0.4 is 15.2 Å². The van der Waals surface area contributed by atoms with E-state index in [2.05, 4.69) is 17.1 Å². The smallest absolute Gasteiger partial charge is 0.164 e. The number of fused-ring (bicyclic) bond motifs is 1. The van der Waals surface area contributed by atoms with Crippen LogP contribution in [-0.4, -0.2) is 18.7 Å². The number of aromatic nitrogens is 1. The summed E-state index contributed by atoms with van der Waals surface area (Å²) < 4.78 is 11.3. The highest BCUT2D eigenvalue weighted by molar-refractivity contribution is 5.48. The summed E-state index contributed by atoms with van der Waals surface area (Å²) in [5, 5.41) is 0. The van der Waals surface area contributed by atoms with Crippen molar-refractivity contribution < 1.29 is 9.47 Å². The zero-order valence-corrected chi connectivity index (χ0v) is 12.4. The van der Waals surface area contributed by atoms with Crippen molar-refractivity contribution in [1.82, 2.24) is 4.98 Å². The van der Waals surface area contributed by atoms with Crippen molar-refractivity contribution in [3.63, 3.8) is 0 Å². The van der Waals surface area contributed by atoms with Gasteiger partial charge in [-0.3, -0.25) is 0 Å². The van der Waals surface area contributed by atoms with Gasteiger partial charge in [-0.25, -0.2) is 4.98 Å². The van der Waals surface area contributed by atoms with Gasteiger partial charge < -0.3 is 15.2 Å². The summed E-state index contributed by atoms with van der Waals surface area (Å²) in [4.78, 5) is 4.23. The van der Waals surface area contributed by atoms with Gasteiger partial charge in [0.1, 0.15) is 5.82 Å². The van der Waals surface area contributed by atoms with Crippen molar-refractivity contribution in [2.75, 3.05) is 19.5 Å². The van der Waals surface area contributed by atoms with E-state index in [1.165, 1.54) is 11.1 Å². The highest BCUT2D eigenvalue weighted by Gasteiger charge is 2.23. The summed E-state index contributed by atoms with van der Waals surface area (Å²) in [7, 11) is 1.67.